The number of fused-ring (bicyclic) bond motifs is 6. The standard InChI is InChI=1S/C62H43N/c1-62(50-19-3-2-4-20-50)58-25-10-9-22-56(58)61-55(24-13-26-59(61)62)49-31-29-45-18-12-27-60(57(45)41-49)63(51-36-32-43(33-37-51)48-30-28-42-14-5-6-16-47(42)40-48)52-38-34-46(35-39-52)54-23-11-17-44-15-7-8-21-53(44)54/h2-41H,1H3. The molecule has 11 aromatic rings. The molecule has 0 N–H and O–H groups in total. The number of nitrogens with zero attached hydrogens (tertiary/aromatic N) is 1. The van der Waals surface area contributed by atoms with Gasteiger partial charge < -0.3 is 4.90 Å². The molecule has 1 unspecified atom stereocenters. The first kappa shape index (κ1) is 36.8. The van der Waals surface area contributed by atoms with Crippen LogP contribution in [0.25, 0.3) is 76.8 Å². The second-order valence-electron chi connectivity index (χ2n) is 17.0. The zero-order chi connectivity index (χ0) is 41.9. The van der Waals surface area contributed by atoms with Crippen LogP contribution in [0.15, 0.2) is 243 Å². The third kappa shape index (κ3) is 6.08. The maximum atomic E-state index is 2.43. The number of anilines is 3. The molecule has 0 aliphatic heterocycles. The molecular formula is C62H43N. The fraction of sp³-hybridized carbons (Fsp3) is 0.0323. The molecule has 1 nitrogen and oxygen atoms in total. The van der Waals surface area contributed by atoms with Crippen LogP contribution in [0.2, 0.25) is 0 Å². The first-order valence-corrected chi connectivity index (χ1v) is 21.9. The van der Waals surface area contributed by atoms with E-state index in [1.165, 1.54) is 93.5 Å². The Bertz CT molecular complexity index is 3510. The second-order valence-corrected chi connectivity index (χ2v) is 17.0. The van der Waals surface area contributed by atoms with E-state index in [2.05, 4.69) is 254 Å². The van der Waals surface area contributed by atoms with Gasteiger partial charge in [0, 0.05) is 22.2 Å². The molecule has 12 rings (SSSR count). The van der Waals surface area contributed by atoms with Gasteiger partial charge in [-0.15, -0.1) is 0 Å². The van der Waals surface area contributed by atoms with Gasteiger partial charge in [-0.3, -0.25) is 0 Å². The molecule has 0 radical (unpaired) electrons. The average molecular weight is 802 g/mol. The number of benzene rings is 11. The topological polar surface area (TPSA) is 3.24 Å². The van der Waals surface area contributed by atoms with Crippen molar-refractivity contribution in [3.8, 4) is 44.5 Å². The van der Waals surface area contributed by atoms with Gasteiger partial charge in [-0.05, 0) is 138 Å². The van der Waals surface area contributed by atoms with Crippen LogP contribution in [-0.2, 0) is 5.41 Å². The van der Waals surface area contributed by atoms with E-state index in [1.54, 1.807) is 0 Å². The first-order valence-electron chi connectivity index (χ1n) is 21.9. The van der Waals surface area contributed by atoms with E-state index in [4.69, 9.17) is 0 Å². The summed E-state index contributed by atoms with van der Waals surface area (Å²) in [5.41, 5.74) is 17.0. The van der Waals surface area contributed by atoms with Crippen LogP contribution >= 0.6 is 0 Å². The van der Waals surface area contributed by atoms with Gasteiger partial charge in [0.2, 0.25) is 0 Å². The highest BCUT2D eigenvalue weighted by molar-refractivity contribution is 6.04. The molecule has 63 heavy (non-hydrogen) atoms. The summed E-state index contributed by atoms with van der Waals surface area (Å²) < 4.78 is 0. The van der Waals surface area contributed by atoms with E-state index in [0.29, 0.717) is 0 Å². The first-order chi connectivity index (χ1) is 31.1. The molecule has 1 atom stereocenters. The number of hydrogen-bond acceptors (Lipinski definition) is 1. The Morgan fingerprint density at radius 1 is 0.317 bits per heavy atom. The molecule has 0 amide bonds. The molecule has 1 aliphatic rings. The summed E-state index contributed by atoms with van der Waals surface area (Å²) in [6, 6.07) is 89.4. The fourth-order valence-electron chi connectivity index (χ4n) is 10.3. The van der Waals surface area contributed by atoms with E-state index < -0.39 is 0 Å². The molecule has 0 saturated heterocycles. The van der Waals surface area contributed by atoms with Crippen LogP contribution < -0.4 is 4.90 Å². The zero-order valence-corrected chi connectivity index (χ0v) is 35.0. The maximum Gasteiger partial charge on any atom is 0.0540 e. The van der Waals surface area contributed by atoms with Crippen molar-refractivity contribution in [2.45, 2.75) is 12.3 Å². The predicted molar refractivity (Wildman–Crippen MR) is 267 cm³/mol. The lowest BCUT2D eigenvalue weighted by atomic mass is 9.74. The van der Waals surface area contributed by atoms with Gasteiger partial charge in [-0.1, -0.05) is 200 Å². The van der Waals surface area contributed by atoms with Gasteiger partial charge >= 0.3 is 0 Å². The summed E-state index contributed by atoms with van der Waals surface area (Å²) >= 11 is 0. The SMILES string of the molecule is CC1(c2ccccc2)c2ccccc2-c2c(-c3ccc4cccc(N(c5ccc(-c6ccc7ccccc7c6)cc5)c5ccc(-c6cccc7ccccc67)cc5)c4c3)cccc21. The minimum atomic E-state index is -0.265. The summed E-state index contributed by atoms with van der Waals surface area (Å²) in [5, 5.41) is 7.40. The highest BCUT2D eigenvalue weighted by Crippen LogP contribution is 2.55. The van der Waals surface area contributed by atoms with E-state index in [1.807, 2.05) is 0 Å². The van der Waals surface area contributed by atoms with Gasteiger partial charge in [0.1, 0.15) is 0 Å². The van der Waals surface area contributed by atoms with Gasteiger partial charge in [-0.2, -0.15) is 0 Å². The largest absolute Gasteiger partial charge is 0.310 e. The highest BCUT2D eigenvalue weighted by Gasteiger charge is 2.41. The van der Waals surface area contributed by atoms with Crippen molar-refractivity contribution in [2.24, 2.45) is 0 Å². The van der Waals surface area contributed by atoms with Crippen LogP contribution in [0, 0.1) is 0 Å². The van der Waals surface area contributed by atoms with Gasteiger partial charge in [0.25, 0.3) is 0 Å². The third-order valence-electron chi connectivity index (χ3n) is 13.5. The summed E-state index contributed by atoms with van der Waals surface area (Å²) in [6.07, 6.45) is 0. The molecule has 11 aromatic carbocycles. The monoisotopic (exact) mass is 801 g/mol. The van der Waals surface area contributed by atoms with Gasteiger partial charge in [0.15, 0.2) is 0 Å². The molecule has 0 spiro atoms. The van der Waals surface area contributed by atoms with Crippen molar-refractivity contribution in [3.05, 3.63) is 259 Å². The molecule has 0 heterocycles. The molecule has 1 aliphatic carbocycles. The minimum absolute atomic E-state index is 0.265. The molecule has 0 saturated carbocycles. The Morgan fingerprint density at radius 2 is 0.857 bits per heavy atom. The Kier molecular flexibility index (Phi) is 8.69. The van der Waals surface area contributed by atoms with Crippen LogP contribution in [0.1, 0.15) is 23.6 Å². The quantitative estimate of drug-likeness (QED) is 0.155. The summed E-state index contributed by atoms with van der Waals surface area (Å²) in [4.78, 5) is 2.43. The Labute approximate surface area is 368 Å². The molecule has 0 aromatic heterocycles. The normalized spacial score (nSPS) is 14.2. The fourth-order valence-corrected chi connectivity index (χ4v) is 10.3. The van der Waals surface area contributed by atoms with Crippen molar-refractivity contribution in [2.75, 3.05) is 4.90 Å². The average Bonchev–Trinajstić information content (AvgIpc) is 3.63. The van der Waals surface area contributed by atoms with Crippen LogP contribution in [0.5, 0.6) is 0 Å². The molecule has 0 fully saturated rings. The summed E-state index contributed by atoms with van der Waals surface area (Å²) in [5.74, 6) is 0. The number of rotatable bonds is 7. The maximum absolute atomic E-state index is 2.43. The van der Waals surface area contributed by atoms with E-state index in [0.717, 1.165) is 17.1 Å². The van der Waals surface area contributed by atoms with E-state index in [-0.39, 0.29) is 5.41 Å². The number of hydrogen-bond donors (Lipinski definition) is 0. The lowest BCUT2D eigenvalue weighted by Crippen LogP contribution is -2.22. The van der Waals surface area contributed by atoms with Gasteiger partial charge in [0.05, 0.1) is 5.69 Å². The zero-order valence-electron chi connectivity index (χ0n) is 35.0. The van der Waals surface area contributed by atoms with Crippen molar-refractivity contribution in [1.82, 2.24) is 0 Å². The van der Waals surface area contributed by atoms with Crippen molar-refractivity contribution < 1.29 is 0 Å². The van der Waals surface area contributed by atoms with Crippen molar-refractivity contribution in [3.63, 3.8) is 0 Å². The Morgan fingerprint density at radius 3 is 1.67 bits per heavy atom. The molecular weight excluding hydrogens is 759 g/mol. The molecule has 0 bridgehead atoms. The van der Waals surface area contributed by atoms with Crippen molar-refractivity contribution in [1.29, 1.82) is 0 Å². The predicted octanol–water partition coefficient (Wildman–Crippen LogP) is 17.0. The smallest absolute Gasteiger partial charge is 0.0540 e. The second kappa shape index (κ2) is 14.9. The Balaban J connectivity index is 1.02. The van der Waals surface area contributed by atoms with Crippen LogP contribution in [0.4, 0.5) is 17.1 Å². The van der Waals surface area contributed by atoms with E-state index in [9.17, 15) is 0 Å². The van der Waals surface area contributed by atoms with E-state index >= 15 is 0 Å². The van der Waals surface area contributed by atoms with Crippen LogP contribution in [0.3, 0.4) is 0 Å². The molecule has 1 heteroatoms. The van der Waals surface area contributed by atoms with Gasteiger partial charge in [-0.25, -0.2) is 0 Å². The molecule has 296 valence electrons. The minimum Gasteiger partial charge on any atom is -0.310 e. The lowest BCUT2D eigenvalue weighted by Gasteiger charge is -2.28. The lowest BCUT2D eigenvalue weighted by molar-refractivity contribution is 0.714. The Hall–Kier alpha value is -8.00. The highest BCUT2D eigenvalue weighted by atomic mass is 15.1. The third-order valence-corrected chi connectivity index (χ3v) is 13.5. The summed E-state index contributed by atoms with van der Waals surface area (Å²) in [6.45, 7) is 2.39. The van der Waals surface area contributed by atoms with Crippen molar-refractivity contribution >= 4 is 49.4 Å². The van der Waals surface area contributed by atoms with Crippen LogP contribution in [-0.4, -0.2) is 0 Å². The summed E-state index contributed by atoms with van der Waals surface area (Å²) in [7, 11) is 0.